The van der Waals surface area contributed by atoms with Crippen LogP contribution in [0.4, 0.5) is 0 Å². The van der Waals surface area contributed by atoms with Gasteiger partial charge in [-0.05, 0) is 19.1 Å². The molecule has 1 saturated heterocycles. The molecule has 15 heavy (non-hydrogen) atoms. The van der Waals surface area contributed by atoms with Gasteiger partial charge in [-0.1, -0.05) is 0 Å². The minimum absolute atomic E-state index is 0.161. The monoisotopic (exact) mass is 228 g/mol. The van der Waals surface area contributed by atoms with Crippen LogP contribution in [0, 0.1) is 0 Å². The Labute approximate surface area is 93.0 Å². The van der Waals surface area contributed by atoms with Gasteiger partial charge in [0, 0.05) is 20.0 Å². The van der Waals surface area contributed by atoms with Crippen molar-refractivity contribution in [2.45, 2.75) is 20.3 Å². The normalized spacial score (nSPS) is 15.7. The van der Waals surface area contributed by atoms with E-state index in [2.05, 4.69) is 0 Å². The predicted molar refractivity (Wildman–Crippen MR) is 57.0 cm³/mol. The zero-order chi connectivity index (χ0) is 11.6. The van der Waals surface area contributed by atoms with Gasteiger partial charge in [-0.2, -0.15) is 0 Å². The fourth-order valence-electron chi connectivity index (χ4n) is 1.37. The molecular weight excluding hydrogens is 216 g/mol. The highest BCUT2D eigenvalue weighted by atomic mass is 32.1. The number of carbonyl (C=O) groups is 3. The maximum absolute atomic E-state index is 11.5. The standard InChI is InChI=1S/C9H12N2O3S/c1-6(12)5-8(14)11-4-3-10(7(2)13)9(11)15/h3-5H2,1-2H3. The molecule has 1 aliphatic rings. The third-order valence-corrected chi connectivity index (χ3v) is 2.53. The van der Waals surface area contributed by atoms with Crippen LogP contribution < -0.4 is 0 Å². The van der Waals surface area contributed by atoms with Crippen LogP contribution in [0.5, 0.6) is 0 Å². The van der Waals surface area contributed by atoms with Crippen LogP contribution >= 0.6 is 12.2 Å². The molecular formula is C9H12N2O3S. The minimum Gasteiger partial charge on any atom is -0.299 e. The van der Waals surface area contributed by atoms with Crippen LogP contribution in [0.25, 0.3) is 0 Å². The van der Waals surface area contributed by atoms with Gasteiger partial charge in [0.05, 0.1) is 6.42 Å². The van der Waals surface area contributed by atoms with Gasteiger partial charge >= 0.3 is 0 Å². The van der Waals surface area contributed by atoms with E-state index in [1.807, 2.05) is 0 Å². The van der Waals surface area contributed by atoms with Gasteiger partial charge in [-0.15, -0.1) is 0 Å². The summed E-state index contributed by atoms with van der Waals surface area (Å²) in [4.78, 5) is 36.0. The van der Waals surface area contributed by atoms with Gasteiger partial charge in [0.2, 0.25) is 11.8 Å². The van der Waals surface area contributed by atoms with Crippen LogP contribution in [0.1, 0.15) is 20.3 Å². The van der Waals surface area contributed by atoms with Crippen molar-refractivity contribution in [2.24, 2.45) is 0 Å². The number of hydrogen-bond donors (Lipinski definition) is 0. The van der Waals surface area contributed by atoms with Gasteiger partial charge in [0.1, 0.15) is 5.78 Å². The van der Waals surface area contributed by atoms with Gasteiger partial charge < -0.3 is 0 Å². The molecule has 0 unspecified atom stereocenters. The molecule has 0 bridgehead atoms. The van der Waals surface area contributed by atoms with E-state index in [1.54, 1.807) is 0 Å². The van der Waals surface area contributed by atoms with E-state index in [0.29, 0.717) is 13.1 Å². The van der Waals surface area contributed by atoms with Crippen molar-refractivity contribution in [3.63, 3.8) is 0 Å². The number of thiocarbonyl (C=S) groups is 1. The maximum atomic E-state index is 11.5. The fraction of sp³-hybridized carbons (Fsp3) is 0.556. The molecule has 0 aliphatic carbocycles. The van der Waals surface area contributed by atoms with E-state index in [4.69, 9.17) is 12.2 Å². The minimum atomic E-state index is -0.337. The molecule has 0 aromatic carbocycles. The first-order valence-corrected chi connectivity index (χ1v) is 4.96. The lowest BCUT2D eigenvalue weighted by Crippen LogP contribution is -2.38. The zero-order valence-corrected chi connectivity index (χ0v) is 9.47. The number of nitrogens with zero attached hydrogens (tertiary/aromatic N) is 2. The molecule has 0 aromatic heterocycles. The Kier molecular flexibility index (Phi) is 3.52. The van der Waals surface area contributed by atoms with Crippen molar-refractivity contribution in [1.29, 1.82) is 0 Å². The summed E-state index contributed by atoms with van der Waals surface area (Å²) in [6, 6.07) is 0. The second-order valence-corrected chi connectivity index (χ2v) is 3.74. The van der Waals surface area contributed by atoms with Crippen LogP contribution in [0.3, 0.4) is 0 Å². The SMILES string of the molecule is CC(=O)CC(=O)N1CCN(C(C)=O)C1=S. The molecule has 1 fully saturated rings. The van der Waals surface area contributed by atoms with Gasteiger partial charge in [0.25, 0.3) is 0 Å². The highest BCUT2D eigenvalue weighted by Crippen LogP contribution is 2.10. The Hall–Kier alpha value is -1.30. The summed E-state index contributed by atoms with van der Waals surface area (Å²) >= 11 is 4.97. The van der Waals surface area contributed by atoms with Crippen molar-refractivity contribution in [2.75, 3.05) is 13.1 Å². The molecule has 1 heterocycles. The molecule has 82 valence electrons. The van der Waals surface area contributed by atoms with Crippen molar-refractivity contribution in [1.82, 2.24) is 9.80 Å². The van der Waals surface area contributed by atoms with E-state index in [1.165, 1.54) is 23.6 Å². The molecule has 0 N–H and O–H groups in total. The Morgan fingerprint density at radius 3 is 2.13 bits per heavy atom. The summed E-state index contributed by atoms with van der Waals surface area (Å²) in [5.74, 6) is -0.724. The smallest absolute Gasteiger partial charge is 0.236 e. The molecule has 0 spiro atoms. The molecule has 1 aliphatic heterocycles. The Bertz CT molecular complexity index is 340. The summed E-state index contributed by atoms with van der Waals surface area (Å²) < 4.78 is 0. The summed E-state index contributed by atoms with van der Waals surface area (Å²) in [6.07, 6.45) is -0.161. The van der Waals surface area contributed by atoms with Gasteiger partial charge in [0.15, 0.2) is 5.11 Å². The number of ketones is 1. The molecule has 0 radical (unpaired) electrons. The molecule has 1 rings (SSSR count). The first-order chi connectivity index (χ1) is 6.93. The van der Waals surface area contributed by atoms with Crippen LogP contribution in [0.2, 0.25) is 0 Å². The zero-order valence-electron chi connectivity index (χ0n) is 8.65. The van der Waals surface area contributed by atoms with Crippen LogP contribution in [0.15, 0.2) is 0 Å². The maximum Gasteiger partial charge on any atom is 0.236 e. The van der Waals surface area contributed by atoms with Crippen molar-refractivity contribution < 1.29 is 14.4 Å². The van der Waals surface area contributed by atoms with E-state index < -0.39 is 0 Å². The first-order valence-electron chi connectivity index (χ1n) is 4.55. The second-order valence-electron chi connectivity index (χ2n) is 3.38. The topological polar surface area (TPSA) is 57.7 Å². The van der Waals surface area contributed by atoms with Gasteiger partial charge in [-0.25, -0.2) is 0 Å². The van der Waals surface area contributed by atoms with Crippen LogP contribution in [-0.4, -0.2) is 45.6 Å². The predicted octanol–water partition coefficient (Wildman–Crippen LogP) is -0.0589. The van der Waals surface area contributed by atoms with E-state index in [-0.39, 0.29) is 29.1 Å². The molecule has 6 heteroatoms. The Morgan fingerprint density at radius 1 is 1.20 bits per heavy atom. The van der Waals surface area contributed by atoms with Crippen LogP contribution in [-0.2, 0) is 14.4 Å². The largest absolute Gasteiger partial charge is 0.299 e. The average Bonchev–Trinajstić information content (AvgIpc) is 2.45. The summed E-state index contributed by atoms with van der Waals surface area (Å²) in [5.41, 5.74) is 0. The lowest BCUT2D eigenvalue weighted by Gasteiger charge is -2.17. The quantitative estimate of drug-likeness (QED) is 0.491. The number of rotatable bonds is 2. The fourth-order valence-corrected chi connectivity index (χ4v) is 1.78. The van der Waals surface area contributed by atoms with E-state index in [0.717, 1.165) is 0 Å². The molecule has 0 aromatic rings. The number of amides is 2. The summed E-state index contributed by atoms with van der Waals surface area (Å²) in [6.45, 7) is 3.54. The molecule has 2 amide bonds. The Morgan fingerprint density at radius 2 is 1.73 bits per heavy atom. The summed E-state index contributed by atoms with van der Waals surface area (Å²) in [7, 11) is 0. The highest BCUT2D eigenvalue weighted by Gasteiger charge is 2.31. The number of hydrogen-bond acceptors (Lipinski definition) is 4. The van der Waals surface area contributed by atoms with Crippen molar-refractivity contribution in [3.05, 3.63) is 0 Å². The molecule has 0 atom stereocenters. The number of Topliss-reactive ketones (excluding diaryl/α,β-unsaturated/α-hetero) is 1. The molecule has 5 nitrogen and oxygen atoms in total. The number of carbonyl (C=O) groups excluding carboxylic acids is 3. The lowest BCUT2D eigenvalue weighted by molar-refractivity contribution is -0.131. The van der Waals surface area contributed by atoms with E-state index >= 15 is 0 Å². The average molecular weight is 228 g/mol. The third kappa shape index (κ3) is 2.59. The lowest BCUT2D eigenvalue weighted by atomic mass is 10.3. The second kappa shape index (κ2) is 4.48. The van der Waals surface area contributed by atoms with Crippen molar-refractivity contribution >= 4 is 34.9 Å². The Balaban J connectivity index is 2.67. The van der Waals surface area contributed by atoms with E-state index in [9.17, 15) is 14.4 Å². The van der Waals surface area contributed by atoms with Crippen molar-refractivity contribution in [3.8, 4) is 0 Å². The highest BCUT2D eigenvalue weighted by molar-refractivity contribution is 7.80. The first kappa shape index (κ1) is 11.8. The molecule has 0 saturated carbocycles. The van der Waals surface area contributed by atoms with Gasteiger partial charge in [-0.3, -0.25) is 24.2 Å². The summed E-state index contributed by atoms with van der Waals surface area (Å²) in [5, 5.41) is 0.203. The third-order valence-electron chi connectivity index (χ3n) is 2.09.